The van der Waals surface area contributed by atoms with Gasteiger partial charge < -0.3 is 10.6 Å². The monoisotopic (exact) mass is 368 g/mol. The Morgan fingerprint density at radius 2 is 1.78 bits per heavy atom. The van der Waals surface area contributed by atoms with Crippen LogP contribution in [0.2, 0.25) is 10.0 Å². The van der Waals surface area contributed by atoms with Gasteiger partial charge in [-0.1, -0.05) is 23.2 Å². The third kappa shape index (κ3) is 5.16. The highest BCUT2D eigenvalue weighted by Crippen LogP contribution is 2.25. The Kier molecular flexibility index (Phi) is 6.33. The van der Waals surface area contributed by atoms with Crippen molar-refractivity contribution in [2.45, 2.75) is 4.90 Å². The Labute approximate surface area is 148 Å². The van der Waals surface area contributed by atoms with E-state index in [4.69, 9.17) is 23.2 Å². The summed E-state index contributed by atoms with van der Waals surface area (Å²) in [4.78, 5) is 24.9. The molecule has 7 heteroatoms. The van der Waals surface area contributed by atoms with Crippen molar-refractivity contribution >= 4 is 52.5 Å². The number of amides is 2. The molecule has 0 saturated heterocycles. The highest BCUT2D eigenvalue weighted by molar-refractivity contribution is 7.98. The number of anilines is 1. The lowest BCUT2D eigenvalue weighted by atomic mass is 10.2. The lowest BCUT2D eigenvalue weighted by Gasteiger charge is -2.09. The summed E-state index contributed by atoms with van der Waals surface area (Å²) in [5.41, 5.74) is 0.902. The van der Waals surface area contributed by atoms with Gasteiger partial charge in [0, 0.05) is 15.5 Å². The van der Waals surface area contributed by atoms with Crippen molar-refractivity contribution in [1.29, 1.82) is 0 Å². The third-order valence-electron chi connectivity index (χ3n) is 2.96. The molecule has 2 aromatic carbocycles. The van der Waals surface area contributed by atoms with Crippen LogP contribution in [0.3, 0.4) is 0 Å². The largest absolute Gasteiger partial charge is 0.343 e. The first-order valence-corrected chi connectivity index (χ1v) is 8.65. The summed E-state index contributed by atoms with van der Waals surface area (Å²) in [6.07, 6.45) is 1.96. The maximum atomic E-state index is 12.0. The number of carbonyl (C=O) groups is 2. The van der Waals surface area contributed by atoms with Crippen LogP contribution >= 0.6 is 35.0 Å². The van der Waals surface area contributed by atoms with Crippen molar-refractivity contribution in [2.75, 3.05) is 18.1 Å². The van der Waals surface area contributed by atoms with Gasteiger partial charge in [0.15, 0.2) is 0 Å². The van der Waals surface area contributed by atoms with Crippen LogP contribution in [-0.2, 0) is 4.79 Å². The molecule has 120 valence electrons. The molecule has 0 aliphatic rings. The molecule has 0 spiro atoms. The van der Waals surface area contributed by atoms with Crippen molar-refractivity contribution in [3.63, 3.8) is 0 Å². The van der Waals surface area contributed by atoms with E-state index in [1.54, 1.807) is 42.1 Å². The van der Waals surface area contributed by atoms with Crippen molar-refractivity contribution in [3.8, 4) is 0 Å². The predicted molar refractivity (Wildman–Crippen MR) is 95.6 cm³/mol. The van der Waals surface area contributed by atoms with Crippen LogP contribution < -0.4 is 10.6 Å². The van der Waals surface area contributed by atoms with E-state index in [9.17, 15) is 9.59 Å². The summed E-state index contributed by atoms with van der Waals surface area (Å²) < 4.78 is 0. The summed E-state index contributed by atoms with van der Waals surface area (Å²) in [6, 6.07) is 11.9. The smallest absolute Gasteiger partial charge is 0.251 e. The Morgan fingerprint density at radius 1 is 1.09 bits per heavy atom. The van der Waals surface area contributed by atoms with E-state index in [2.05, 4.69) is 10.6 Å². The number of hydrogen-bond acceptors (Lipinski definition) is 3. The maximum absolute atomic E-state index is 12.0. The number of hydrogen-bond donors (Lipinski definition) is 2. The normalized spacial score (nSPS) is 10.2. The molecule has 2 aromatic rings. The molecule has 4 nitrogen and oxygen atoms in total. The van der Waals surface area contributed by atoms with Gasteiger partial charge in [-0.3, -0.25) is 9.59 Å². The molecule has 0 aliphatic carbocycles. The second-order valence-electron chi connectivity index (χ2n) is 4.58. The molecule has 0 fully saturated rings. The molecule has 0 atom stereocenters. The van der Waals surface area contributed by atoms with Gasteiger partial charge in [-0.05, 0) is 48.7 Å². The minimum Gasteiger partial charge on any atom is -0.343 e. The maximum Gasteiger partial charge on any atom is 0.251 e. The van der Waals surface area contributed by atoms with Gasteiger partial charge in [-0.2, -0.15) is 0 Å². The summed E-state index contributed by atoms with van der Waals surface area (Å²) in [7, 11) is 0. The number of halogens is 2. The number of benzene rings is 2. The minimum atomic E-state index is -0.386. The molecule has 0 unspecified atom stereocenters. The fourth-order valence-corrected chi connectivity index (χ4v) is 2.54. The van der Waals surface area contributed by atoms with Crippen LogP contribution in [0.1, 0.15) is 10.4 Å². The van der Waals surface area contributed by atoms with Crippen LogP contribution in [0.25, 0.3) is 0 Å². The van der Waals surface area contributed by atoms with E-state index >= 15 is 0 Å². The van der Waals surface area contributed by atoms with Crippen LogP contribution in [0.15, 0.2) is 47.4 Å². The predicted octanol–water partition coefficient (Wildman–Crippen LogP) is 4.08. The lowest BCUT2D eigenvalue weighted by Crippen LogP contribution is -2.32. The molecular weight excluding hydrogens is 355 g/mol. The molecule has 0 radical (unpaired) electrons. The van der Waals surface area contributed by atoms with E-state index in [1.165, 1.54) is 0 Å². The van der Waals surface area contributed by atoms with Crippen molar-refractivity contribution in [3.05, 3.63) is 58.1 Å². The Morgan fingerprint density at radius 3 is 2.43 bits per heavy atom. The summed E-state index contributed by atoms with van der Waals surface area (Å²) >= 11 is 13.4. The summed E-state index contributed by atoms with van der Waals surface area (Å²) in [5.74, 6) is -0.701. The topological polar surface area (TPSA) is 58.2 Å². The molecule has 23 heavy (non-hydrogen) atoms. The van der Waals surface area contributed by atoms with E-state index in [-0.39, 0.29) is 18.4 Å². The van der Waals surface area contributed by atoms with Gasteiger partial charge >= 0.3 is 0 Å². The second-order valence-corrected chi connectivity index (χ2v) is 6.31. The second kappa shape index (κ2) is 8.24. The molecule has 0 aliphatic heterocycles. The van der Waals surface area contributed by atoms with Gasteiger partial charge in [0.1, 0.15) is 0 Å². The molecule has 0 bridgehead atoms. The molecule has 0 aromatic heterocycles. The molecule has 0 saturated carbocycles. The first kappa shape index (κ1) is 17.7. The Bertz CT molecular complexity index is 721. The number of rotatable bonds is 5. The van der Waals surface area contributed by atoms with Crippen LogP contribution in [0, 0.1) is 0 Å². The third-order valence-corrected chi connectivity index (χ3v) is 4.27. The molecule has 2 rings (SSSR count). The average molecular weight is 369 g/mol. The average Bonchev–Trinajstić information content (AvgIpc) is 2.56. The number of nitrogens with one attached hydrogen (secondary N) is 2. The zero-order valence-electron chi connectivity index (χ0n) is 12.2. The minimum absolute atomic E-state index is 0.161. The summed E-state index contributed by atoms with van der Waals surface area (Å²) in [6.45, 7) is -0.161. The fraction of sp³-hybridized carbons (Fsp3) is 0.125. The van der Waals surface area contributed by atoms with E-state index < -0.39 is 0 Å². The number of carbonyl (C=O) groups excluding carboxylic acids is 2. The quantitative estimate of drug-likeness (QED) is 0.781. The Hall–Kier alpha value is -1.69. The SMILES string of the molecule is CSc1ccc(C(=O)NCC(=O)Nc2cc(Cl)ccc2Cl)cc1. The molecule has 2 amide bonds. The highest BCUT2D eigenvalue weighted by Gasteiger charge is 2.10. The van der Waals surface area contributed by atoms with E-state index in [0.717, 1.165) is 4.90 Å². The van der Waals surface area contributed by atoms with Crippen molar-refractivity contribution < 1.29 is 9.59 Å². The van der Waals surface area contributed by atoms with Crippen molar-refractivity contribution in [1.82, 2.24) is 5.32 Å². The standard InChI is InChI=1S/C16H14Cl2N2O2S/c1-23-12-5-2-10(3-6-12)16(22)19-9-15(21)20-14-8-11(17)4-7-13(14)18/h2-8H,9H2,1H3,(H,19,22)(H,20,21). The molecule has 0 heterocycles. The van der Waals surface area contributed by atoms with Crippen molar-refractivity contribution in [2.24, 2.45) is 0 Å². The van der Waals surface area contributed by atoms with Gasteiger partial charge in [-0.25, -0.2) is 0 Å². The van der Waals surface area contributed by atoms with Gasteiger partial charge in [0.05, 0.1) is 17.3 Å². The van der Waals surface area contributed by atoms with E-state index in [0.29, 0.717) is 21.3 Å². The zero-order chi connectivity index (χ0) is 16.8. The first-order chi connectivity index (χ1) is 11.0. The van der Waals surface area contributed by atoms with Gasteiger partial charge in [0.2, 0.25) is 5.91 Å². The first-order valence-electron chi connectivity index (χ1n) is 6.67. The van der Waals surface area contributed by atoms with E-state index in [1.807, 2.05) is 18.4 Å². The van der Waals surface area contributed by atoms with Gasteiger partial charge in [-0.15, -0.1) is 11.8 Å². The fourth-order valence-electron chi connectivity index (χ4n) is 1.79. The highest BCUT2D eigenvalue weighted by atomic mass is 35.5. The Balaban J connectivity index is 1.90. The van der Waals surface area contributed by atoms with Gasteiger partial charge in [0.25, 0.3) is 5.91 Å². The van der Waals surface area contributed by atoms with Crippen LogP contribution in [0.4, 0.5) is 5.69 Å². The molecule has 2 N–H and O–H groups in total. The van der Waals surface area contributed by atoms with Crippen LogP contribution in [0.5, 0.6) is 0 Å². The molecular formula is C16H14Cl2N2O2S. The summed E-state index contributed by atoms with van der Waals surface area (Å²) in [5, 5.41) is 6.00. The zero-order valence-corrected chi connectivity index (χ0v) is 14.6. The lowest BCUT2D eigenvalue weighted by molar-refractivity contribution is -0.115. The van der Waals surface area contributed by atoms with Crippen LogP contribution in [-0.4, -0.2) is 24.6 Å². The number of thioether (sulfide) groups is 1.